The number of amides is 1. The van der Waals surface area contributed by atoms with Crippen LogP contribution in [0.15, 0.2) is 18.2 Å². The molecule has 6 heteroatoms. The van der Waals surface area contributed by atoms with E-state index in [0.29, 0.717) is 24.3 Å². The zero-order valence-corrected chi connectivity index (χ0v) is 12.2. The number of likely N-dealkylation sites (tertiary alicyclic amines) is 1. The summed E-state index contributed by atoms with van der Waals surface area (Å²) in [7, 11) is 2.76. The minimum atomic E-state index is -0.555. The zero-order chi connectivity index (χ0) is 15.4. The molecule has 0 unspecified atom stereocenters. The molecule has 0 aliphatic carbocycles. The largest absolute Gasteiger partial charge is 0.504 e. The van der Waals surface area contributed by atoms with E-state index in [1.54, 1.807) is 6.07 Å². The van der Waals surface area contributed by atoms with E-state index in [0.717, 1.165) is 12.8 Å². The van der Waals surface area contributed by atoms with Crippen LogP contribution in [0.3, 0.4) is 0 Å². The molecule has 1 aromatic carbocycles. The van der Waals surface area contributed by atoms with Crippen LogP contribution in [0, 0.1) is 0 Å². The van der Waals surface area contributed by atoms with Crippen molar-refractivity contribution < 1.29 is 24.2 Å². The Kier molecular flexibility index (Phi) is 4.67. The monoisotopic (exact) mass is 293 g/mol. The van der Waals surface area contributed by atoms with Crippen LogP contribution in [0.4, 0.5) is 0 Å². The summed E-state index contributed by atoms with van der Waals surface area (Å²) in [5, 5.41) is 9.77. The Labute approximate surface area is 123 Å². The Morgan fingerprint density at radius 1 is 1.29 bits per heavy atom. The van der Waals surface area contributed by atoms with Gasteiger partial charge in [-0.05, 0) is 37.5 Å². The molecule has 0 bridgehead atoms. The molecule has 1 N–H and O–H groups in total. The predicted octanol–water partition coefficient (Wildman–Crippen LogP) is 1.57. The number of ether oxygens (including phenoxy) is 2. The van der Waals surface area contributed by atoms with E-state index < -0.39 is 12.0 Å². The summed E-state index contributed by atoms with van der Waals surface area (Å²) in [6.45, 7) is 0.505. The maximum atomic E-state index is 12.5. The Morgan fingerprint density at radius 3 is 2.67 bits per heavy atom. The Balaban J connectivity index is 2.24. The van der Waals surface area contributed by atoms with Crippen molar-refractivity contribution in [1.82, 2.24) is 4.90 Å². The van der Waals surface area contributed by atoms with Crippen LogP contribution in [0.2, 0.25) is 0 Å². The van der Waals surface area contributed by atoms with Crippen molar-refractivity contribution in [2.75, 3.05) is 20.8 Å². The van der Waals surface area contributed by atoms with Crippen molar-refractivity contribution in [2.45, 2.75) is 25.3 Å². The highest BCUT2D eigenvalue weighted by molar-refractivity contribution is 5.97. The van der Waals surface area contributed by atoms with E-state index in [1.807, 2.05) is 0 Å². The van der Waals surface area contributed by atoms with Crippen molar-refractivity contribution in [3.05, 3.63) is 23.8 Å². The number of esters is 1. The SMILES string of the molecule is COC(=O)[C@H]1CCCCN1C(=O)c1ccc(OC)c(O)c1. The summed E-state index contributed by atoms with van der Waals surface area (Å²) in [4.78, 5) is 25.9. The summed E-state index contributed by atoms with van der Waals surface area (Å²) in [5.74, 6) is -0.492. The lowest BCUT2D eigenvalue weighted by Crippen LogP contribution is -2.48. The fraction of sp³-hybridized carbons (Fsp3) is 0.467. The van der Waals surface area contributed by atoms with Crippen molar-refractivity contribution in [3.8, 4) is 11.5 Å². The number of benzene rings is 1. The molecule has 0 aromatic heterocycles. The highest BCUT2D eigenvalue weighted by Gasteiger charge is 2.33. The average molecular weight is 293 g/mol. The molecular weight excluding hydrogens is 274 g/mol. The second kappa shape index (κ2) is 6.47. The number of piperidine rings is 1. The van der Waals surface area contributed by atoms with Crippen molar-refractivity contribution >= 4 is 11.9 Å². The first-order valence-electron chi connectivity index (χ1n) is 6.84. The number of nitrogens with zero attached hydrogens (tertiary/aromatic N) is 1. The van der Waals surface area contributed by atoms with Crippen LogP contribution in [0.1, 0.15) is 29.6 Å². The van der Waals surface area contributed by atoms with E-state index in [1.165, 1.54) is 31.3 Å². The number of methoxy groups -OCH3 is 2. The highest BCUT2D eigenvalue weighted by Crippen LogP contribution is 2.28. The fourth-order valence-electron chi connectivity index (χ4n) is 2.54. The summed E-state index contributed by atoms with van der Waals surface area (Å²) in [6.07, 6.45) is 2.33. The molecule has 2 rings (SSSR count). The molecule has 1 aromatic rings. The van der Waals surface area contributed by atoms with Crippen LogP contribution in [0.25, 0.3) is 0 Å². The number of phenols is 1. The van der Waals surface area contributed by atoms with Crippen LogP contribution in [-0.4, -0.2) is 48.7 Å². The molecule has 1 amide bonds. The Morgan fingerprint density at radius 2 is 2.05 bits per heavy atom. The number of hydrogen-bond acceptors (Lipinski definition) is 5. The van der Waals surface area contributed by atoms with Crippen LogP contribution >= 0.6 is 0 Å². The predicted molar refractivity (Wildman–Crippen MR) is 75.4 cm³/mol. The molecule has 114 valence electrons. The molecule has 0 radical (unpaired) electrons. The third-order valence-corrected chi connectivity index (χ3v) is 3.66. The maximum Gasteiger partial charge on any atom is 0.328 e. The van der Waals surface area contributed by atoms with E-state index in [4.69, 9.17) is 9.47 Å². The summed E-state index contributed by atoms with van der Waals surface area (Å²) >= 11 is 0. The van der Waals surface area contributed by atoms with Gasteiger partial charge in [0.25, 0.3) is 5.91 Å². The molecule has 0 spiro atoms. The van der Waals surface area contributed by atoms with Gasteiger partial charge in [-0.2, -0.15) is 0 Å². The minimum absolute atomic E-state index is 0.102. The smallest absolute Gasteiger partial charge is 0.328 e. The summed E-state index contributed by atoms with van der Waals surface area (Å²) < 4.78 is 9.72. The third-order valence-electron chi connectivity index (χ3n) is 3.66. The van der Waals surface area contributed by atoms with Gasteiger partial charge in [-0.25, -0.2) is 4.79 Å². The number of carbonyl (C=O) groups excluding carboxylic acids is 2. The first kappa shape index (κ1) is 15.2. The third kappa shape index (κ3) is 3.09. The normalized spacial score (nSPS) is 18.2. The van der Waals surface area contributed by atoms with Gasteiger partial charge in [-0.1, -0.05) is 0 Å². The first-order chi connectivity index (χ1) is 10.1. The zero-order valence-electron chi connectivity index (χ0n) is 12.2. The van der Waals surface area contributed by atoms with Crippen molar-refractivity contribution in [3.63, 3.8) is 0 Å². The van der Waals surface area contributed by atoms with Gasteiger partial charge in [0.15, 0.2) is 11.5 Å². The lowest BCUT2D eigenvalue weighted by molar-refractivity contribution is -0.147. The number of aromatic hydroxyl groups is 1. The molecule has 1 fully saturated rings. The van der Waals surface area contributed by atoms with Gasteiger partial charge in [0.2, 0.25) is 0 Å². The molecule has 1 saturated heterocycles. The molecular formula is C15H19NO5. The molecule has 1 aliphatic rings. The van der Waals surface area contributed by atoms with Gasteiger partial charge in [-0.15, -0.1) is 0 Å². The average Bonchev–Trinajstić information content (AvgIpc) is 2.53. The van der Waals surface area contributed by atoms with Gasteiger partial charge in [-0.3, -0.25) is 4.79 Å². The van der Waals surface area contributed by atoms with E-state index >= 15 is 0 Å². The molecule has 21 heavy (non-hydrogen) atoms. The van der Waals surface area contributed by atoms with Gasteiger partial charge in [0, 0.05) is 12.1 Å². The molecule has 0 saturated carbocycles. The summed E-state index contributed by atoms with van der Waals surface area (Å²) in [6, 6.07) is 3.90. The van der Waals surface area contributed by atoms with E-state index in [9.17, 15) is 14.7 Å². The van der Waals surface area contributed by atoms with Gasteiger partial charge >= 0.3 is 5.97 Å². The Hall–Kier alpha value is -2.24. The minimum Gasteiger partial charge on any atom is -0.504 e. The lowest BCUT2D eigenvalue weighted by Gasteiger charge is -2.33. The number of rotatable bonds is 3. The second-order valence-electron chi connectivity index (χ2n) is 4.92. The molecule has 1 atom stereocenters. The number of hydrogen-bond donors (Lipinski definition) is 1. The van der Waals surface area contributed by atoms with E-state index in [2.05, 4.69) is 0 Å². The van der Waals surface area contributed by atoms with Crippen molar-refractivity contribution in [2.24, 2.45) is 0 Å². The van der Waals surface area contributed by atoms with Crippen LogP contribution < -0.4 is 4.74 Å². The fourth-order valence-corrected chi connectivity index (χ4v) is 2.54. The van der Waals surface area contributed by atoms with Crippen LogP contribution in [0.5, 0.6) is 11.5 Å². The van der Waals surface area contributed by atoms with Gasteiger partial charge in [0.05, 0.1) is 14.2 Å². The number of carbonyl (C=O) groups is 2. The van der Waals surface area contributed by atoms with Crippen LogP contribution in [-0.2, 0) is 9.53 Å². The maximum absolute atomic E-state index is 12.5. The molecule has 6 nitrogen and oxygen atoms in total. The quantitative estimate of drug-likeness (QED) is 0.856. The van der Waals surface area contributed by atoms with E-state index in [-0.39, 0.29) is 11.7 Å². The van der Waals surface area contributed by atoms with Crippen molar-refractivity contribution in [1.29, 1.82) is 0 Å². The molecule has 1 aliphatic heterocycles. The summed E-state index contributed by atoms with van der Waals surface area (Å²) in [5.41, 5.74) is 0.323. The van der Waals surface area contributed by atoms with Gasteiger partial charge < -0.3 is 19.5 Å². The second-order valence-corrected chi connectivity index (χ2v) is 4.92. The Bertz CT molecular complexity index is 543. The molecule has 1 heterocycles. The standard InChI is InChI=1S/C15H19NO5/c1-20-13-7-6-10(9-12(13)17)14(18)16-8-4-3-5-11(16)15(19)21-2/h6-7,9,11,17H,3-5,8H2,1-2H3/t11-/m1/s1. The lowest BCUT2D eigenvalue weighted by atomic mass is 10.0. The topological polar surface area (TPSA) is 76.1 Å². The first-order valence-corrected chi connectivity index (χ1v) is 6.84. The van der Waals surface area contributed by atoms with Gasteiger partial charge in [0.1, 0.15) is 6.04 Å². The number of phenolic OH excluding ortho intramolecular Hbond substituents is 1. The highest BCUT2D eigenvalue weighted by atomic mass is 16.5.